The first-order valence-electron chi connectivity index (χ1n) is 5.50. The van der Waals surface area contributed by atoms with Crippen LogP contribution in [-0.2, 0) is 9.59 Å². The van der Waals surface area contributed by atoms with E-state index in [2.05, 4.69) is 16.0 Å². The van der Waals surface area contributed by atoms with Crippen molar-refractivity contribution in [1.29, 1.82) is 0 Å². The van der Waals surface area contributed by atoms with E-state index >= 15 is 0 Å². The Morgan fingerprint density at radius 1 is 1.35 bits per heavy atom. The molecule has 96 valence electrons. The Hall–Kier alpha value is -1.79. The van der Waals surface area contributed by atoms with Crippen LogP contribution in [0.5, 0.6) is 0 Å². The quantitative estimate of drug-likeness (QED) is 0.525. The molecular weight excluding hydrogens is 224 g/mol. The molecule has 1 heterocycles. The van der Waals surface area contributed by atoms with Gasteiger partial charge < -0.3 is 20.9 Å². The maximum Gasteiger partial charge on any atom is 0.316 e. The highest BCUT2D eigenvalue weighted by atomic mass is 16.2. The minimum absolute atomic E-state index is 0.0916. The molecule has 4 amide bonds. The molecule has 0 aromatic heterocycles. The summed E-state index contributed by atoms with van der Waals surface area (Å²) in [5.74, 6) is -0.527. The molecule has 0 bridgehead atoms. The molecule has 1 unspecified atom stereocenters. The van der Waals surface area contributed by atoms with Crippen molar-refractivity contribution in [2.75, 3.05) is 33.7 Å². The van der Waals surface area contributed by atoms with Crippen LogP contribution >= 0.6 is 0 Å². The van der Waals surface area contributed by atoms with Crippen LogP contribution < -0.4 is 16.0 Å². The number of carbonyl (C=O) groups is 3. The van der Waals surface area contributed by atoms with E-state index in [0.29, 0.717) is 19.6 Å². The predicted octanol–water partition coefficient (Wildman–Crippen LogP) is -1.49. The van der Waals surface area contributed by atoms with Crippen molar-refractivity contribution in [2.24, 2.45) is 5.92 Å². The lowest BCUT2D eigenvalue weighted by Crippen LogP contribution is -2.41. The first-order valence-corrected chi connectivity index (χ1v) is 5.50. The minimum Gasteiger partial charge on any atom is -0.355 e. The first kappa shape index (κ1) is 13.3. The highest BCUT2D eigenvalue weighted by Gasteiger charge is 2.27. The average molecular weight is 242 g/mol. The standard InChI is InChI=1S/C10H18N4O3/c1-14(2)10(17)12-4-3-11-9(16)7-5-8(15)13-6-7/h7H,3-6H2,1-2H3,(H,11,16)(H,12,17)(H,13,15). The lowest BCUT2D eigenvalue weighted by molar-refractivity contribution is -0.126. The highest BCUT2D eigenvalue weighted by molar-refractivity contribution is 5.89. The zero-order valence-electron chi connectivity index (χ0n) is 10.1. The lowest BCUT2D eigenvalue weighted by Gasteiger charge is -2.13. The number of hydrogen-bond acceptors (Lipinski definition) is 3. The van der Waals surface area contributed by atoms with Gasteiger partial charge in [-0.15, -0.1) is 0 Å². The molecule has 1 atom stereocenters. The fraction of sp³-hybridized carbons (Fsp3) is 0.700. The summed E-state index contributed by atoms with van der Waals surface area (Å²) in [6.07, 6.45) is 0.246. The largest absolute Gasteiger partial charge is 0.355 e. The second kappa shape index (κ2) is 6.07. The van der Waals surface area contributed by atoms with E-state index in [9.17, 15) is 14.4 Å². The summed E-state index contributed by atoms with van der Waals surface area (Å²) < 4.78 is 0. The van der Waals surface area contributed by atoms with E-state index < -0.39 is 0 Å². The van der Waals surface area contributed by atoms with Crippen molar-refractivity contribution >= 4 is 17.8 Å². The molecule has 1 fully saturated rings. The molecule has 7 nitrogen and oxygen atoms in total. The van der Waals surface area contributed by atoms with Gasteiger partial charge in [-0.1, -0.05) is 0 Å². The van der Waals surface area contributed by atoms with Crippen molar-refractivity contribution in [3.8, 4) is 0 Å². The SMILES string of the molecule is CN(C)C(=O)NCCNC(=O)C1CNC(=O)C1. The third-order valence-corrected chi connectivity index (χ3v) is 2.45. The van der Waals surface area contributed by atoms with E-state index in [1.54, 1.807) is 14.1 Å². The van der Waals surface area contributed by atoms with Gasteiger partial charge in [-0.05, 0) is 0 Å². The summed E-state index contributed by atoms with van der Waals surface area (Å²) in [6, 6.07) is -0.197. The summed E-state index contributed by atoms with van der Waals surface area (Å²) in [5.41, 5.74) is 0. The molecule has 0 aromatic carbocycles. The smallest absolute Gasteiger partial charge is 0.316 e. The highest BCUT2D eigenvalue weighted by Crippen LogP contribution is 2.07. The van der Waals surface area contributed by atoms with Crippen LogP contribution in [0.1, 0.15) is 6.42 Å². The minimum atomic E-state index is -0.285. The summed E-state index contributed by atoms with van der Waals surface area (Å²) in [4.78, 5) is 35.0. The number of urea groups is 1. The molecule has 3 N–H and O–H groups in total. The Bertz CT molecular complexity index is 317. The number of carbonyl (C=O) groups excluding carboxylic acids is 3. The van der Waals surface area contributed by atoms with Crippen molar-refractivity contribution in [3.05, 3.63) is 0 Å². The Morgan fingerprint density at radius 3 is 2.53 bits per heavy atom. The van der Waals surface area contributed by atoms with Gasteiger partial charge in [0.1, 0.15) is 0 Å². The molecule has 1 saturated heterocycles. The van der Waals surface area contributed by atoms with Crippen LogP contribution in [-0.4, -0.2) is 56.5 Å². The van der Waals surface area contributed by atoms with Gasteiger partial charge in [0, 0.05) is 40.2 Å². The van der Waals surface area contributed by atoms with E-state index in [0.717, 1.165) is 0 Å². The Balaban J connectivity index is 2.12. The summed E-state index contributed by atoms with van der Waals surface area (Å²) in [5, 5.41) is 7.90. The van der Waals surface area contributed by atoms with Gasteiger partial charge in [-0.25, -0.2) is 4.79 Å². The number of nitrogens with one attached hydrogen (secondary N) is 3. The third-order valence-electron chi connectivity index (χ3n) is 2.45. The fourth-order valence-corrected chi connectivity index (χ4v) is 1.45. The van der Waals surface area contributed by atoms with Crippen LogP contribution in [0.2, 0.25) is 0 Å². The van der Waals surface area contributed by atoms with Crippen LogP contribution in [0.3, 0.4) is 0 Å². The van der Waals surface area contributed by atoms with Gasteiger partial charge in [0.2, 0.25) is 11.8 Å². The number of nitrogens with zero attached hydrogens (tertiary/aromatic N) is 1. The van der Waals surface area contributed by atoms with E-state index in [4.69, 9.17) is 0 Å². The van der Waals surface area contributed by atoms with Gasteiger partial charge in [-0.2, -0.15) is 0 Å². The van der Waals surface area contributed by atoms with E-state index in [1.807, 2.05) is 0 Å². The van der Waals surface area contributed by atoms with Crippen LogP contribution in [0.25, 0.3) is 0 Å². The zero-order valence-corrected chi connectivity index (χ0v) is 10.1. The van der Waals surface area contributed by atoms with E-state index in [1.165, 1.54) is 4.90 Å². The van der Waals surface area contributed by atoms with Crippen LogP contribution in [0, 0.1) is 5.92 Å². The molecule has 0 aromatic rings. The summed E-state index contributed by atoms with van der Waals surface area (Å²) in [7, 11) is 3.29. The molecule has 0 aliphatic carbocycles. The molecule has 17 heavy (non-hydrogen) atoms. The van der Waals surface area contributed by atoms with Crippen molar-refractivity contribution < 1.29 is 14.4 Å². The summed E-state index contributed by atoms with van der Waals surface area (Å²) >= 11 is 0. The Labute approximate surface area is 99.9 Å². The molecule has 1 aliphatic heterocycles. The first-order chi connectivity index (χ1) is 8.00. The molecule has 0 spiro atoms. The van der Waals surface area contributed by atoms with Crippen molar-refractivity contribution in [2.45, 2.75) is 6.42 Å². The fourth-order valence-electron chi connectivity index (χ4n) is 1.45. The Morgan fingerprint density at radius 2 is 2.00 bits per heavy atom. The third kappa shape index (κ3) is 4.29. The molecule has 1 rings (SSSR count). The van der Waals surface area contributed by atoms with Gasteiger partial charge in [-0.3, -0.25) is 9.59 Å². The molecule has 7 heteroatoms. The maximum absolute atomic E-state index is 11.5. The topological polar surface area (TPSA) is 90.5 Å². The molecule has 0 radical (unpaired) electrons. The maximum atomic E-state index is 11.5. The van der Waals surface area contributed by atoms with Crippen LogP contribution in [0.15, 0.2) is 0 Å². The zero-order chi connectivity index (χ0) is 12.8. The van der Waals surface area contributed by atoms with Crippen molar-refractivity contribution in [1.82, 2.24) is 20.9 Å². The number of rotatable bonds is 4. The van der Waals surface area contributed by atoms with E-state index in [-0.39, 0.29) is 30.2 Å². The normalized spacial score (nSPS) is 18.5. The lowest BCUT2D eigenvalue weighted by atomic mass is 10.1. The molecule has 0 saturated carbocycles. The Kier molecular flexibility index (Phi) is 4.74. The van der Waals surface area contributed by atoms with Gasteiger partial charge in [0.15, 0.2) is 0 Å². The monoisotopic (exact) mass is 242 g/mol. The van der Waals surface area contributed by atoms with Gasteiger partial charge >= 0.3 is 6.03 Å². The average Bonchev–Trinajstić information content (AvgIpc) is 2.70. The number of hydrogen-bond donors (Lipinski definition) is 3. The second-order valence-corrected chi connectivity index (χ2v) is 4.12. The molecule has 1 aliphatic rings. The second-order valence-electron chi connectivity index (χ2n) is 4.12. The summed E-state index contributed by atoms with van der Waals surface area (Å²) in [6.45, 7) is 1.13. The number of amides is 4. The van der Waals surface area contributed by atoms with Crippen molar-refractivity contribution in [3.63, 3.8) is 0 Å². The van der Waals surface area contributed by atoms with Gasteiger partial charge in [0.25, 0.3) is 0 Å². The molecular formula is C10H18N4O3. The van der Waals surface area contributed by atoms with Crippen LogP contribution in [0.4, 0.5) is 4.79 Å². The van der Waals surface area contributed by atoms with Gasteiger partial charge in [0.05, 0.1) is 5.92 Å². The predicted molar refractivity (Wildman–Crippen MR) is 61.2 cm³/mol.